The van der Waals surface area contributed by atoms with Gasteiger partial charge in [0.15, 0.2) is 17.3 Å². The quantitative estimate of drug-likeness (QED) is 0.764. The van der Waals surface area contributed by atoms with E-state index in [1.807, 2.05) is 37.2 Å². The molecule has 1 amide bonds. The van der Waals surface area contributed by atoms with Crippen molar-refractivity contribution in [1.82, 2.24) is 9.97 Å². The zero-order valence-corrected chi connectivity index (χ0v) is 16.4. The molecule has 1 aromatic carbocycles. The first-order chi connectivity index (χ1) is 14.1. The zero-order valence-electron chi connectivity index (χ0n) is 16.4. The number of nitrogens with zero attached hydrogens (tertiary/aromatic N) is 4. The van der Waals surface area contributed by atoms with Crippen LogP contribution in [0.2, 0.25) is 0 Å². The molecule has 2 aromatic rings. The van der Waals surface area contributed by atoms with Gasteiger partial charge >= 0.3 is 0 Å². The molecule has 2 aliphatic heterocycles. The third-order valence-electron chi connectivity index (χ3n) is 4.56. The van der Waals surface area contributed by atoms with E-state index in [2.05, 4.69) is 20.2 Å². The Morgan fingerprint density at radius 1 is 1.21 bits per heavy atom. The van der Waals surface area contributed by atoms with Crippen LogP contribution in [0.15, 0.2) is 30.5 Å². The number of amides is 1. The van der Waals surface area contributed by atoms with Crippen molar-refractivity contribution in [2.24, 2.45) is 0 Å². The van der Waals surface area contributed by atoms with E-state index >= 15 is 0 Å². The van der Waals surface area contributed by atoms with Gasteiger partial charge in [0, 0.05) is 33.3 Å². The second-order valence-electron chi connectivity index (χ2n) is 6.84. The highest BCUT2D eigenvalue weighted by Crippen LogP contribution is 2.32. The number of nitrogens with one attached hydrogen (secondary N) is 1. The van der Waals surface area contributed by atoms with Gasteiger partial charge in [-0.15, -0.1) is 0 Å². The molecule has 0 saturated carbocycles. The van der Waals surface area contributed by atoms with E-state index in [0.29, 0.717) is 42.2 Å². The van der Waals surface area contributed by atoms with E-state index in [0.717, 1.165) is 18.7 Å². The first kappa shape index (κ1) is 19.0. The van der Waals surface area contributed by atoms with Crippen LogP contribution in [0.1, 0.15) is 5.56 Å². The monoisotopic (exact) mass is 397 g/mol. The molecule has 1 N–H and O–H groups in total. The number of benzene rings is 1. The molecule has 1 saturated heterocycles. The lowest BCUT2D eigenvalue weighted by atomic mass is 10.2. The van der Waals surface area contributed by atoms with Gasteiger partial charge in [-0.05, 0) is 23.8 Å². The molecular weight excluding hydrogens is 374 g/mol. The van der Waals surface area contributed by atoms with Crippen molar-refractivity contribution in [3.63, 3.8) is 0 Å². The van der Waals surface area contributed by atoms with E-state index in [1.165, 1.54) is 6.08 Å². The summed E-state index contributed by atoms with van der Waals surface area (Å²) in [5, 5.41) is 2.85. The smallest absolute Gasteiger partial charge is 0.248 e. The van der Waals surface area contributed by atoms with Crippen LogP contribution >= 0.6 is 0 Å². The van der Waals surface area contributed by atoms with E-state index in [4.69, 9.17) is 14.2 Å². The summed E-state index contributed by atoms with van der Waals surface area (Å²) in [5.41, 5.74) is 1.39. The van der Waals surface area contributed by atoms with Crippen LogP contribution in [-0.2, 0) is 9.53 Å². The number of morpholine rings is 1. The molecule has 0 aliphatic carbocycles. The number of carbonyl (C=O) groups excluding carboxylic acids is 1. The Hall–Kier alpha value is -3.33. The maximum atomic E-state index is 12.4. The van der Waals surface area contributed by atoms with Crippen LogP contribution in [0.4, 0.5) is 17.5 Å². The van der Waals surface area contributed by atoms with Gasteiger partial charge in [-0.3, -0.25) is 4.79 Å². The van der Waals surface area contributed by atoms with Crippen LogP contribution in [-0.4, -0.2) is 63.1 Å². The fraction of sp³-hybridized carbons (Fsp3) is 0.350. The van der Waals surface area contributed by atoms with Gasteiger partial charge in [0.25, 0.3) is 0 Å². The number of ether oxygens (including phenoxy) is 3. The van der Waals surface area contributed by atoms with Crippen LogP contribution in [0.25, 0.3) is 6.08 Å². The van der Waals surface area contributed by atoms with Crippen LogP contribution < -0.4 is 24.6 Å². The second-order valence-corrected chi connectivity index (χ2v) is 6.84. The summed E-state index contributed by atoms with van der Waals surface area (Å²) in [4.78, 5) is 25.4. The van der Waals surface area contributed by atoms with Gasteiger partial charge in [-0.2, -0.15) is 4.98 Å². The summed E-state index contributed by atoms with van der Waals surface area (Å²) in [6.45, 7) is 3.03. The number of hydrogen-bond donors (Lipinski definition) is 1. The van der Waals surface area contributed by atoms with E-state index < -0.39 is 0 Å². The molecule has 0 radical (unpaired) electrons. The third-order valence-corrected chi connectivity index (χ3v) is 4.56. The normalized spacial score (nSPS) is 15.6. The first-order valence-corrected chi connectivity index (χ1v) is 9.36. The number of rotatable bonds is 5. The SMILES string of the molecule is CN(C)c1nc(N2CCOCC2)ncc1NC(=O)/C=C/c1ccc2c(c1)OCO2. The van der Waals surface area contributed by atoms with Gasteiger partial charge in [-0.25, -0.2) is 4.98 Å². The first-order valence-electron chi connectivity index (χ1n) is 9.36. The molecular formula is C20H23N5O4. The molecule has 0 bridgehead atoms. The minimum absolute atomic E-state index is 0.219. The second kappa shape index (κ2) is 8.36. The van der Waals surface area contributed by atoms with Gasteiger partial charge in [0.1, 0.15) is 5.69 Å². The minimum atomic E-state index is -0.270. The Bertz CT molecular complexity index is 925. The molecule has 4 rings (SSSR count). The molecule has 0 spiro atoms. The van der Waals surface area contributed by atoms with E-state index in [1.54, 1.807) is 12.3 Å². The Morgan fingerprint density at radius 3 is 2.79 bits per heavy atom. The Balaban J connectivity index is 1.46. The molecule has 1 aromatic heterocycles. The van der Waals surface area contributed by atoms with Crippen LogP contribution in [0.3, 0.4) is 0 Å². The highest BCUT2D eigenvalue weighted by molar-refractivity contribution is 6.03. The average Bonchev–Trinajstić information content (AvgIpc) is 3.21. The molecule has 29 heavy (non-hydrogen) atoms. The number of hydrogen-bond acceptors (Lipinski definition) is 8. The van der Waals surface area contributed by atoms with Crippen molar-refractivity contribution in [3.8, 4) is 11.5 Å². The highest BCUT2D eigenvalue weighted by Gasteiger charge is 2.18. The van der Waals surface area contributed by atoms with Crippen LogP contribution in [0.5, 0.6) is 11.5 Å². The van der Waals surface area contributed by atoms with E-state index in [9.17, 15) is 4.79 Å². The fourth-order valence-electron chi connectivity index (χ4n) is 3.07. The Kier molecular flexibility index (Phi) is 5.48. The van der Waals surface area contributed by atoms with Crippen molar-refractivity contribution < 1.29 is 19.0 Å². The number of fused-ring (bicyclic) bond motifs is 1. The van der Waals surface area contributed by atoms with Gasteiger partial charge in [0.2, 0.25) is 18.6 Å². The van der Waals surface area contributed by atoms with Crippen molar-refractivity contribution >= 4 is 29.4 Å². The maximum Gasteiger partial charge on any atom is 0.248 e. The van der Waals surface area contributed by atoms with Gasteiger partial charge in [0.05, 0.1) is 19.4 Å². The Morgan fingerprint density at radius 2 is 2.00 bits per heavy atom. The maximum absolute atomic E-state index is 12.4. The minimum Gasteiger partial charge on any atom is -0.454 e. The lowest BCUT2D eigenvalue weighted by Crippen LogP contribution is -2.37. The van der Waals surface area contributed by atoms with Crippen LogP contribution in [0, 0.1) is 0 Å². The summed E-state index contributed by atoms with van der Waals surface area (Å²) in [7, 11) is 3.76. The lowest BCUT2D eigenvalue weighted by molar-refractivity contribution is -0.111. The summed E-state index contributed by atoms with van der Waals surface area (Å²) in [6, 6.07) is 5.52. The lowest BCUT2D eigenvalue weighted by Gasteiger charge is -2.28. The molecule has 9 nitrogen and oxygen atoms in total. The number of anilines is 3. The predicted molar refractivity (Wildman–Crippen MR) is 110 cm³/mol. The molecule has 3 heterocycles. The standard InChI is InChI=1S/C20H23N5O4/c1-24(2)19-15(12-21-20(23-19)25-7-9-27-10-8-25)22-18(26)6-4-14-3-5-16-17(11-14)29-13-28-16/h3-6,11-12H,7-10,13H2,1-2H3,(H,22,26)/b6-4+. The predicted octanol–water partition coefficient (Wildman–Crippen LogP) is 1.76. The van der Waals surface area contributed by atoms with Crippen molar-refractivity contribution in [1.29, 1.82) is 0 Å². The summed E-state index contributed by atoms with van der Waals surface area (Å²) < 4.78 is 16.0. The van der Waals surface area contributed by atoms with Gasteiger partial charge < -0.3 is 29.3 Å². The highest BCUT2D eigenvalue weighted by atomic mass is 16.7. The van der Waals surface area contributed by atoms with Crippen molar-refractivity contribution in [2.45, 2.75) is 0 Å². The van der Waals surface area contributed by atoms with Crippen molar-refractivity contribution in [2.75, 3.05) is 62.3 Å². The number of carbonyl (C=O) groups is 1. The Labute approximate surface area is 168 Å². The molecule has 152 valence electrons. The molecule has 0 atom stereocenters. The van der Waals surface area contributed by atoms with Crippen molar-refractivity contribution in [3.05, 3.63) is 36.0 Å². The van der Waals surface area contributed by atoms with Gasteiger partial charge in [-0.1, -0.05) is 6.07 Å². The molecule has 0 unspecified atom stereocenters. The van der Waals surface area contributed by atoms with E-state index in [-0.39, 0.29) is 12.7 Å². The zero-order chi connectivity index (χ0) is 20.2. The average molecular weight is 397 g/mol. The molecule has 9 heteroatoms. The molecule has 2 aliphatic rings. The summed E-state index contributed by atoms with van der Waals surface area (Å²) >= 11 is 0. The largest absolute Gasteiger partial charge is 0.454 e. The topological polar surface area (TPSA) is 89.1 Å². The summed E-state index contributed by atoms with van der Waals surface area (Å²) in [5.74, 6) is 2.39. The third kappa shape index (κ3) is 4.40. The molecule has 1 fully saturated rings. The fourth-order valence-corrected chi connectivity index (χ4v) is 3.07. The summed E-state index contributed by atoms with van der Waals surface area (Å²) in [6.07, 6.45) is 4.82. The number of aromatic nitrogens is 2.